The van der Waals surface area contributed by atoms with Gasteiger partial charge in [-0.1, -0.05) is 81.9 Å². The van der Waals surface area contributed by atoms with Gasteiger partial charge in [-0.15, -0.1) is 0 Å². The summed E-state index contributed by atoms with van der Waals surface area (Å²) in [4.78, 5) is 0. The number of nitrogens with one attached hydrogen (secondary N) is 1. The molecule has 0 atom stereocenters. The minimum Gasteiger partial charge on any atom is -0.391 e. The third-order valence-corrected chi connectivity index (χ3v) is 3.77. The zero-order valence-electron chi connectivity index (χ0n) is 12.9. The summed E-state index contributed by atoms with van der Waals surface area (Å²) in [5.41, 5.74) is 1.49. The van der Waals surface area contributed by atoms with Crippen molar-refractivity contribution in [1.82, 2.24) is 5.32 Å². The molecule has 1 rings (SSSR count). The highest BCUT2D eigenvalue weighted by molar-refractivity contribution is 5.14. The normalized spacial score (nSPS) is 10.4. The molecule has 0 heterocycles. The third-order valence-electron chi connectivity index (χ3n) is 3.77. The van der Waals surface area contributed by atoms with Gasteiger partial charge in [0.2, 0.25) is 0 Å². The molecule has 1 aromatic rings. The van der Waals surface area contributed by atoms with Crippen LogP contribution >= 0.6 is 0 Å². The van der Waals surface area contributed by atoms with Gasteiger partial charge in [-0.2, -0.15) is 0 Å². The molecule has 0 spiro atoms. The van der Waals surface area contributed by atoms with Crippen molar-refractivity contribution in [3.05, 3.63) is 48.7 Å². The molecule has 1 heteroatoms. The lowest BCUT2D eigenvalue weighted by molar-refractivity contribution is 0.555. The molecule has 0 fully saturated rings. The summed E-state index contributed by atoms with van der Waals surface area (Å²) in [5.74, 6) is 0. The van der Waals surface area contributed by atoms with E-state index in [1.54, 1.807) is 6.20 Å². The Balaban J connectivity index is 1.78. The van der Waals surface area contributed by atoms with E-state index in [9.17, 15) is 0 Å². The Morgan fingerprint density at radius 2 is 1.30 bits per heavy atom. The molecule has 0 aromatic heterocycles. The highest BCUT2D eigenvalue weighted by Crippen LogP contribution is 2.11. The van der Waals surface area contributed by atoms with E-state index in [-0.39, 0.29) is 0 Å². The molecule has 112 valence electrons. The van der Waals surface area contributed by atoms with Gasteiger partial charge < -0.3 is 5.32 Å². The van der Waals surface area contributed by atoms with Crippen LogP contribution in [-0.4, -0.2) is 6.54 Å². The van der Waals surface area contributed by atoms with E-state index in [2.05, 4.69) is 42.2 Å². The summed E-state index contributed by atoms with van der Waals surface area (Å²) in [7, 11) is 0. The number of unbranched alkanes of at least 4 members (excludes halogenated alkanes) is 8. The minimum atomic E-state index is 1.09. The summed E-state index contributed by atoms with van der Waals surface area (Å²) < 4.78 is 0. The highest BCUT2D eigenvalue weighted by Gasteiger charge is 1.94. The van der Waals surface area contributed by atoms with E-state index < -0.39 is 0 Å². The van der Waals surface area contributed by atoms with E-state index in [4.69, 9.17) is 0 Å². The summed E-state index contributed by atoms with van der Waals surface area (Å²) in [5, 5.41) is 3.15. The van der Waals surface area contributed by atoms with Gasteiger partial charge in [-0.05, 0) is 31.0 Å². The van der Waals surface area contributed by atoms with Gasteiger partial charge in [-0.3, -0.25) is 0 Å². The van der Waals surface area contributed by atoms with Crippen molar-refractivity contribution < 1.29 is 0 Å². The molecule has 0 aliphatic rings. The monoisotopic (exact) mass is 273 g/mol. The molecule has 0 bridgehead atoms. The first-order valence-electron chi connectivity index (χ1n) is 8.31. The summed E-state index contributed by atoms with van der Waals surface area (Å²) in [6, 6.07) is 10.8. The molecule has 0 aliphatic heterocycles. The lowest BCUT2D eigenvalue weighted by atomic mass is 10.0. The predicted octanol–water partition coefficient (Wildman–Crippen LogP) is 5.47. The van der Waals surface area contributed by atoms with Crippen molar-refractivity contribution in [2.24, 2.45) is 0 Å². The Bertz CT molecular complexity index is 318. The fraction of sp³-hybridized carbons (Fsp3) is 0.579. The second-order valence-corrected chi connectivity index (χ2v) is 5.58. The predicted molar refractivity (Wildman–Crippen MR) is 89.9 cm³/mol. The summed E-state index contributed by atoms with van der Waals surface area (Å²) in [6.45, 7) is 4.74. The lowest BCUT2D eigenvalue weighted by Gasteiger charge is -2.03. The molecule has 1 aromatic carbocycles. The van der Waals surface area contributed by atoms with E-state index in [0.717, 1.165) is 6.54 Å². The molecule has 1 N–H and O–H groups in total. The average molecular weight is 273 g/mol. The molecule has 0 radical (unpaired) electrons. The van der Waals surface area contributed by atoms with Crippen LogP contribution in [0.5, 0.6) is 0 Å². The molecule has 0 unspecified atom stereocenters. The first kappa shape index (κ1) is 16.8. The smallest absolute Gasteiger partial charge is 0.0141 e. The molecule has 0 amide bonds. The maximum atomic E-state index is 3.65. The van der Waals surface area contributed by atoms with Gasteiger partial charge >= 0.3 is 0 Å². The summed E-state index contributed by atoms with van der Waals surface area (Å²) >= 11 is 0. The topological polar surface area (TPSA) is 12.0 Å². The van der Waals surface area contributed by atoms with Gasteiger partial charge in [0, 0.05) is 6.54 Å². The Hall–Kier alpha value is -1.24. The fourth-order valence-corrected chi connectivity index (χ4v) is 2.54. The zero-order valence-corrected chi connectivity index (χ0v) is 12.9. The van der Waals surface area contributed by atoms with Crippen LogP contribution in [-0.2, 0) is 6.42 Å². The van der Waals surface area contributed by atoms with E-state index in [1.165, 1.54) is 69.8 Å². The van der Waals surface area contributed by atoms with Crippen molar-refractivity contribution >= 4 is 0 Å². The first-order valence-corrected chi connectivity index (χ1v) is 8.31. The van der Waals surface area contributed by atoms with Crippen LogP contribution in [0.4, 0.5) is 0 Å². The van der Waals surface area contributed by atoms with Crippen LogP contribution in [0.1, 0.15) is 63.4 Å². The SMILES string of the molecule is C=CNCCCCCCCCCCCc1ccccc1. The second-order valence-electron chi connectivity index (χ2n) is 5.58. The van der Waals surface area contributed by atoms with Crippen LogP contribution in [0.15, 0.2) is 43.1 Å². The van der Waals surface area contributed by atoms with E-state index in [0.29, 0.717) is 0 Å². The van der Waals surface area contributed by atoms with Crippen LogP contribution in [0.25, 0.3) is 0 Å². The maximum absolute atomic E-state index is 3.65. The Morgan fingerprint density at radius 1 is 0.750 bits per heavy atom. The Kier molecular flexibility index (Phi) is 10.7. The number of rotatable bonds is 13. The zero-order chi connectivity index (χ0) is 14.3. The van der Waals surface area contributed by atoms with Crippen LogP contribution in [0.2, 0.25) is 0 Å². The molecule has 0 aliphatic carbocycles. The molecule has 20 heavy (non-hydrogen) atoms. The van der Waals surface area contributed by atoms with Crippen LogP contribution < -0.4 is 5.32 Å². The van der Waals surface area contributed by atoms with Gasteiger partial charge in [-0.25, -0.2) is 0 Å². The second kappa shape index (κ2) is 12.8. The van der Waals surface area contributed by atoms with E-state index >= 15 is 0 Å². The van der Waals surface area contributed by atoms with Crippen molar-refractivity contribution in [2.75, 3.05) is 6.54 Å². The van der Waals surface area contributed by atoms with Gasteiger partial charge in [0.05, 0.1) is 0 Å². The molecule has 1 nitrogen and oxygen atoms in total. The number of benzene rings is 1. The Labute approximate surface area is 125 Å². The van der Waals surface area contributed by atoms with Crippen LogP contribution in [0.3, 0.4) is 0 Å². The number of hydrogen-bond donors (Lipinski definition) is 1. The third kappa shape index (κ3) is 9.66. The highest BCUT2D eigenvalue weighted by atomic mass is 14.8. The number of hydrogen-bond acceptors (Lipinski definition) is 1. The minimum absolute atomic E-state index is 1.09. The van der Waals surface area contributed by atoms with Gasteiger partial charge in [0.25, 0.3) is 0 Å². The van der Waals surface area contributed by atoms with Crippen molar-refractivity contribution in [3.63, 3.8) is 0 Å². The van der Waals surface area contributed by atoms with E-state index in [1.807, 2.05) is 0 Å². The molecule has 0 saturated heterocycles. The summed E-state index contributed by atoms with van der Waals surface area (Å²) in [6.07, 6.45) is 15.4. The average Bonchev–Trinajstić information content (AvgIpc) is 2.49. The van der Waals surface area contributed by atoms with Gasteiger partial charge in [0.1, 0.15) is 0 Å². The molecular formula is C19H31N. The van der Waals surface area contributed by atoms with Crippen LogP contribution in [0, 0.1) is 0 Å². The van der Waals surface area contributed by atoms with Crippen molar-refractivity contribution in [3.8, 4) is 0 Å². The lowest BCUT2D eigenvalue weighted by Crippen LogP contribution is -2.05. The largest absolute Gasteiger partial charge is 0.391 e. The molecule has 0 saturated carbocycles. The van der Waals surface area contributed by atoms with Crippen molar-refractivity contribution in [1.29, 1.82) is 0 Å². The quantitative estimate of drug-likeness (QED) is 0.470. The van der Waals surface area contributed by atoms with Gasteiger partial charge in [0.15, 0.2) is 0 Å². The maximum Gasteiger partial charge on any atom is 0.0141 e. The van der Waals surface area contributed by atoms with Crippen molar-refractivity contribution in [2.45, 2.75) is 64.2 Å². The standard InChI is InChI=1S/C19H31N/c1-2-20-18-14-9-7-5-3-4-6-8-11-15-19-16-12-10-13-17-19/h2,10,12-13,16-17,20H,1,3-9,11,14-15,18H2. The fourth-order valence-electron chi connectivity index (χ4n) is 2.54. The molecular weight excluding hydrogens is 242 g/mol. The number of aryl methyl sites for hydroxylation is 1. The first-order chi connectivity index (χ1) is 9.93. The Morgan fingerprint density at radius 3 is 1.90 bits per heavy atom.